The third-order valence-electron chi connectivity index (χ3n) is 2.88. The molecule has 1 aliphatic heterocycles. The molecule has 0 aromatic heterocycles. The summed E-state index contributed by atoms with van der Waals surface area (Å²) in [4.78, 5) is 2.46. The molecule has 1 heterocycles. The lowest BCUT2D eigenvalue weighted by Crippen LogP contribution is -2.29. The van der Waals surface area contributed by atoms with Crippen molar-refractivity contribution < 1.29 is 0 Å². The topological polar surface area (TPSA) is 3.24 Å². The first kappa shape index (κ1) is 10.1. The Balaban J connectivity index is 2.11. The second-order valence-electron chi connectivity index (χ2n) is 3.99. The van der Waals surface area contributed by atoms with E-state index in [2.05, 4.69) is 41.5 Å². The van der Waals surface area contributed by atoms with E-state index in [0.29, 0.717) is 0 Å². The molecule has 0 amide bonds. The van der Waals surface area contributed by atoms with E-state index in [-0.39, 0.29) is 0 Å². The molecule has 0 aliphatic carbocycles. The summed E-state index contributed by atoms with van der Waals surface area (Å²) >= 11 is 0. The summed E-state index contributed by atoms with van der Waals surface area (Å²) in [6.07, 6.45) is 5.94. The van der Waals surface area contributed by atoms with Gasteiger partial charge < -0.3 is 4.90 Å². The van der Waals surface area contributed by atoms with E-state index in [4.69, 9.17) is 0 Å². The summed E-state index contributed by atoms with van der Waals surface area (Å²) in [6.45, 7) is 5.99. The van der Waals surface area contributed by atoms with Crippen molar-refractivity contribution in [2.45, 2.75) is 19.3 Å². The highest BCUT2D eigenvalue weighted by molar-refractivity contribution is 5.55. The molecule has 0 spiro atoms. The number of hydrogen-bond acceptors (Lipinski definition) is 1. The number of hydrogen-bond donors (Lipinski definition) is 0. The van der Waals surface area contributed by atoms with Crippen molar-refractivity contribution >= 4 is 11.8 Å². The van der Waals surface area contributed by atoms with Crippen molar-refractivity contribution in [3.63, 3.8) is 0 Å². The molecule has 1 aromatic carbocycles. The van der Waals surface area contributed by atoms with E-state index in [1.807, 2.05) is 6.08 Å². The van der Waals surface area contributed by atoms with Crippen LogP contribution in [0.2, 0.25) is 0 Å². The van der Waals surface area contributed by atoms with Gasteiger partial charge in [0.1, 0.15) is 0 Å². The van der Waals surface area contributed by atoms with Gasteiger partial charge in [-0.2, -0.15) is 0 Å². The molecule has 1 fully saturated rings. The fourth-order valence-electron chi connectivity index (χ4n) is 2.05. The van der Waals surface area contributed by atoms with Gasteiger partial charge in [0.25, 0.3) is 0 Å². The van der Waals surface area contributed by atoms with E-state index in [0.717, 1.165) is 0 Å². The standard InChI is InChI=1S/C14H17N/c1-2-6-13-7-9-14(10-8-13)15-11-4-3-5-12-15/h6-10H,1,3-5,11-12H2. The molecule has 0 saturated carbocycles. The summed E-state index contributed by atoms with van der Waals surface area (Å²) in [5.41, 5.74) is 5.31. The highest BCUT2D eigenvalue weighted by Crippen LogP contribution is 2.20. The second-order valence-corrected chi connectivity index (χ2v) is 3.99. The van der Waals surface area contributed by atoms with Gasteiger partial charge in [0.05, 0.1) is 0 Å². The molecule has 0 N–H and O–H groups in total. The third-order valence-corrected chi connectivity index (χ3v) is 2.88. The summed E-state index contributed by atoms with van der Waals surface area (Å²) in [5, 5.41) is 0. The predicted octanol–water partition coefficient (Wildman–Crippen LogP) is 3.48. The second kappa shape index (κ2) is 4.86. The van der Waals surface area contributed by atoms with Gasteiger partial charge in [0.15, 0.2) is 0 Å². The maximum Gasteiger partial charge on any atom is 0.0366 e. The number of piperidine rings is 1. The third kappa shape index (κ3) is 2.51. The van der Waals surface area contributed by atoms with Crippen LogP contribution < -0.4 is 4.90 Å². The van der Waals surface area contributed by atoms with Gasteiger partial charge in [-0.3, -0.25) is 0 Å². The van der Waals surface area contributed by atoms with E-state index >= 15 is 0 Å². The Bertz CT molecular complexity index is 351. The zero-order valence-electron chi connectivity index (χ0n) is 9.08. The predicted molar refractivity (Wildman–Crippen MR) is 66.1 cm³/mol. The summed E-state index contributed by atoms with van der Waals surface area (Å²) in [7, 11) is 0. The molecule has 1 saturated heterocycles. The van der Waals surface area contributed by atoms with Crippen molar-refractivity contribution in [2.24, 2.45) is 0 Å². The zero-order valence-corrected chi connectivity index (χ0v) is 9.08. The first-order valence-electron chi connectivity index (χ1n) is 5.61. The monoisotopic (exact) mass is 199 g/mol. The fourth-order valence-corrected chi connectivity index (χ4v) is 2.05. The van der Waals surface area contributed by atoms with Crippen molar-refractivity contribution in [2.75, 3.05) is 18.0 Å². The first-order chi connectivity index (χ1) is 7.40. The maximum absolute atomic E-state index is 3.58. The van der Waals surface area contributed by atoms with Crippen LogP contribution in [0.5, 0.6) is 0 Å². The largest absolute Gasteiger partial charge is 0.372 e. The van der Waals surface area contributed by atoms with Gasteiger partial charge >= 0.3 is 0 Å². The zero-order chi connectivity index (χ0) is 10.5. The van der Waals surface area contributed by atoms with E-state index in [9.17, 15) is 0 Å². The van der Waals surface area contributed by atoms with Crippen molar-refractivity contribution in [1.29, 1.82) is 0 Å². The maximum atomic E-state index is 3.58. The van der Waals surface area contributed by atoms with Gasteiger partial charge in [-0.15, -0.1) is 5.73 Å². The van der Waals surface area contributed by atoms with E-state index in [1.165, 1.54) is 43.6 Å². The average Bonchev–Trinajstić information content (AvgIpc) is 2.32. The van der Waals surface area contributed by atoms with Crippen LogP contribution in [0.1, 0.15) is 24.8 Å². The molecule has 2 rings (SSSR count). The van der Waals surface area contributed by atoms with Gasteiger partial charge in [-0.25, -0.2) is 0 Å². The highest BCUT2D eigenvalue weighted by atomic mass is 15.1. The van der Waals surface area contributed by atoms with Crippen LogP contribution in [0.4, 0.5) is 5.69 Å². The van der Waals surface area contributed by atoms with Crippen LogP contribution in [0.15, 0.2) is 36.6 Å². The molecule has 1 aliphatic rings. The quantitative estimate of drug-likeness (QED) is 0.659. The van der Waals surface area contributed by atoms with Crippen LogP contribution in [0.25, 0.3) is 6.08 Å². The molecule has 1 heteroatoms. The van der Waals surface area contributed by atoms with Crippen LogP contribution >= 0.6 is 0 Å². The molecular weight excluding hydrogens is 182 g/mol. The molecule has 0 radical (unpaired) electrons. The van der Waals surface area contributed by atoms with Crippen molar-refractivity contribution in [3.05, 3.63) is 42.1 Å². The molecule has 1 nitrogen and oxygen atoms in total. The lowest BCUT2D eigenvalue weighted by Gasteiger charge is -2.28. The lowest BCUT2D eigenvalue weighted by atomic mass is 10.1. The lowest BCUT2D eigenvalue weighted by molar-refractivity contribution is 0.578. The Labute approximate surface area is 91.7 Å². The molecule has 0 atom stereocenters. The molecule has 1 aromatic rings. The van der Waals surface area contributed by atoms with E-state index < -0.39 is 0 Å². The minimum absolute atomic E-state index is 1.17. The molecular formula is C14H17N. The number of benzene rings is 1. The van der Waals surface area contributed by atoms with E-state index in [1.54, 1.807) is 0 Å². The number of anilines is 1. The van der Waals surface area contributed by atoms with Crippen LogP contribution in [-0.4, -0.2) is 13.1 Å². The smallest absolute Gasteiger partial charge is 0.0366 e. The van der Waals surface area contributed by atoms with Gasteiger partial charge in [0.2, 0.25) is 0 Å². The molecule has 0 bridgehead atoms. The fraction of sp³-hybridized carbons (Fsp3) is 0.357. The Hall–Kier alpha value is -1.46. The molecule has 0 unspecified atom stereocenters. The van der Waals surface area contributed by atoms with Crippen LogP contribution in [0, 0.1) is 0 Å². The van der Waals surface area contributed by atoms with Gasteiger partial charge in [0, 0.05) is 18.8 Å². The Kier molecular flexibility index (Phi) is 3.26. The first-order valence-corrected chi connectivity index (χ1v) is 5.61. The van der Waals surface area contributed by atoms with Crippen LogP contribution in [-0.2, 0) is 0 Å². The summed E-state index contributed by atoms with van der Waals surface area (Å²) in [5.74, 6) is 0. The minimum Gasteiger partial charge on any atom is -0.372 e. The molecule has 78 valence electrons. The average molecular weight is 199 g/mol. The molecule has 15 heavy (non-hydrogen) atoms. The summed E-state index contributed by atoms with van der Waals surface area (Å²) in [6, 6.07) is 8.63. The van der Waals surface area contributed by atoms with Crippen LogP contribution in [0.3, 0.4) is 0 Å². The highest BCUT2D eigenvalue weighted by Gasteiger charge is 2.09. The minimum atomic E-state index is 1.17. The number of rotatable bonds is 2. The van der Waals surface area contributed by atoms with Crippen molar-refractivity contribution in [3.8, 4) is 0 Å². The normalized spacial score (nSPS) is 15.9. The van der Waals surface area contributed by atoms with Gasteiger partial charge in [-0.05, 0) is 43.0 Å². The SMILES string of the molecule is C=C=Cc1ccc(N2CCCCC2)cc1. The Morgan fingerprint density at radius 2 is 1.73 bits per heavy atom. The van der Waals surface area contributed by atoms with Crippen molar-refractivity contribution in [1.82, 2.24) is 0 Å². The number of nitrogens with zero attached hydrogens (tertiary/aromatic N) is 1. The summed E-state index contributed by atoms with van der Waals surface area (Å²) < 4.78 is 0. The Morgan fingerprint density at radius 3 is 2.33 bits per heavy atom. The Morgan fingerprint density at radius 1 is 1.07 bits per heavy atom. The van der Waals surface area contributed by atoms with Gasteiger partial charge in [-0.1, -0.05) is 18.7 Å².